The Bertz CT molecular complexity index is 1210. The van der Waals surface area contributed by atoms with Crippen LogP contribution in [0.25, 0.3) is 0 Å². The summed E-state index contributed by atoms with van der Waals surface area (Å²) >= 11 is 8.06. The van der Waals surface area contributed by atoms with Gasteiger partial charge in [0.25, 0.3) is 11.8 Å². The average molecular weight is 485 g/mol. The Kier molecular flexibility index (Phi) is 6.91. The summed E-state index contributed by atoms with van der Waals surface area (Å²) in [5.41, 5.74) is 3.41. The summed E-state index contributed by atoms with van der Waals surface area (Å²) in [6.45, 7) is 5.41. The highest BCUT2D eigenvalue weighted by atomic mass is 35.5. The van der Waals surface area contributed by atoms with Gasteiger partial charge in [-0.2, -0.15) is 0 Å². The van der Waals surface area contributed by atoms with Crippen LogP contribution in [0.5, 0.6) is 11.5 Å². The molecule has 2 heterocycles. The molecule has 0 aliphatic carbocycles. The number of ether oxygens (including phenoxy) is 2. The van der Waals surface area contributed by atoms with Gasteiger partial charge in [0.1, 0.15) is 0 Å². The fourth-order valence-electron chi connectivity index (χ4n) is 3.92. The molecule has 0 bridgehead atoms. The van der Waals surface area contributed by atoms with Crippen molar-refractivity contribution < 1.29 is 19.1 Å². The summed E-state index contributed by atoms with van der Waals surface area (Å²) in [5.74, 6) is 0.392. The second-order valence-electron chi connectivity index (χ2n) is 7.70. The molecule has 0 spiro atoms. The van der Waals surface area contributed by atoms with Crippen molar-refractivity contribution in [2.75, 3.05) is 25.6 Å². The van der Waals surface area contributed by atoms with E-state index in [1.807, 2.05) is 18.7 Å². The van der Waals surface area contributed by atoms with Crippen molar-refractivity contribution in [3.05, 3.63) is 73.9 Å². The number of methoxy groups -OCH3 is 1. The quantitative estimate of drug-likeness (QED) is 0.496. The molecule has 0 fully saturated rings. The number of rotatable bonds is 6. The fourth-order valence-corrected chi connectivity index (χ4v) is 5.08. The fraction of sp³-hybridized carbons (Fsp3) is 0.280. The second kappa shape index (κ2) is 9.85. The van der Waals surface area contributed by atoms with Crippen molar-refractivity contribution >= 4 is 40.4 Å². The molecule has 0 radical (unpaired) electrons. The number of thiophene rings is 1. The highest BCUT2D eigenvalue weighted by molar-refractivity contribution is 7.10. The van der Waals surface area contributed by atoms with Gasteiger partial charge in [-0.05, 0) is 67.1 Å². The van der Waals surface area contributed by atoms with Crippen molar-refractivity contribution in [1.82, 2.24) is 4.90 Å². The zero-order valence-corrected chi connectivity index (χ0v) is 20.3. The molecule has 33 heavy (non-hydrogen) atoms. The van der Waals surface area contributed by atoms with E-state index in [9.17, 15) is 9.59 Å². The van der Waals surface area contributed by atoms with E-state index in [1.165, 1.54) is 17.6 Å². The second-order valence-corrected chi connectivity index (χ2v) is 9.11. The number of fused-ring (bicyclic) bond motifs is 1. The summed E-state index contributed by atoms with van der Waals surface area (Å²) in [4.78, 5) is 29.5. The van der Waals surface area contributed by atoms with E-state index in [1.54, 1.807) is 41.7 Å². The Balaban J connectivity index is 1.55. The van der Waals surface area contributed by atoms with Gasteiger partial charge in [0.15, 0.2) is 11.5 Å². The molecule has 172 valence electrons. The standard InChI is InChI=1S/C25H25ClN2O4S/c1-4-32-23-19(26)12-17(13-21(23)31-3)24(29)27-20-7-5-6-18(15(20)2)25(30)28-10-8-22-16(14-28)9-11-33-22/h5-7,9,11-13H,4,8,10,14H2,1-3H3,(H,27,29). The van der Waals surface area contributed by atoms with Crippen LogP contribution in [0.3, 0.4) is 0 Å². The van der Waals surface area contributed by atoms with Crippen molar-refractivity contribution in [3.8, 4) is 11.5 Å². The van der Waals surface area contributed by atoms with Gasteiger partial charge in [0, 0.05) is 34.8 Å². The summed E-state index contributed by atoms with van der Waals surface area (Å²) in [6, 6.07) is 10.6. The molecule has 0 saturated heterocycles. The van der Waals surface area contributed by atoms with E-state index in [4.69, 9.17) is 21.1 Å². The van der Waals surface area contributed by atoms with Crippen molar-refractivity contribution in [3.63, 3.8) is 0 Å². The predicted molar refractivity (Wildman–Crippen MR) is 131 cm³/mol. The number of carbonyl (C=O) groups excluding carboxylic acids is 2. The average Bonchev–Trinajstić information content (AvgIpc) is 3.29. The van der Waals surface area contributed by atoms with Crippen LogP contribution in [0, 0.1) is 6.92 Å². The van der Waals surface area contributed by atoms with Gasteiger partial charge in [0.05, 0.1) is 18.7 Å². The lowest BCUT2D eigenvalue weighted by Gasteiger charge is -2.28. The Hall–Kier alpha value is -3.03. The van der Waals surface area contributed by atoms with Crippen LogP contribution in [0.4, 0.5) is 5.69 Å². The maximum Gasteiger partial charge on any atom is 0.255 e. The monoisotopic (exact) mass is 484 g/mol. The number of nitrogens with one attached hydrogen (secondary N) is 1. The molecule has 0 atom stereocenters. The molecule has 8 heteroatoms. The van der Waals surface area contributed by atoms with Gasteiger partial charge in [0.2, 0.25) is 0 Å². The topological polar surface area (TPSA) is 67.9 Å². The van der Waals surface area contributed by atoms with Crippen LogP contribution in [-0.4, -0.2) is 37.0 Å². The molecule has 6 nitrogen and oxygen atoms in total. The SMILES string of the molecule is CCOc1c(Cl)cc(C(=O)Nc2cccc(C(=O)N3CCc4sccc4C3)c2C)cc1OC. The van der Waals surface area contributed by atoms with Crippen molar-refractivity contribution in [2.24, 2.45) is 0 Å². The van der Waals surface area contributed by atoms with E-state index in [-0.39, 0.29) is 11.8 Å². The Morgan fingerprint density at radius 3 is 2.82 bits per heavy atom. The third-order valence-electron chi connectivity index (χ3n) is 5.69. The number of anilines is 1. The van der Waals surface area contributed by atoms with Crippen LogP contribution in [-0.2, 0) is 13.0 Å². The number of halogens is 1. The molecule has 2 amide bonds. The molecular weight excluding hydrogens is 460 g/mol. The van der Waals surface area contributed by atoms with Crippen LogP contribution >= 0.6 is 22.9 Å². The minimum atomic E-state index is -0.355. The van der Waals surface area contributed by atoms with E-state index in [0.29, 0.717) is 53.0 Å². The lowest BCUT2D eigenvalue weighted by molar-refractivity contribution is 0.0735. The van der Waals surface area contributed by atoms with Crippen LogP contribution in [0.2, 0.25) is 5.02 Å². The molecule has 1 aliphatic heterocycles. The molecule has 1 aliphatic rings. The van der Waals surface area contributed by atoms with Gasteiger partial charge in [-0.15, -0.1) is 11.3 Å². The number of hydrogen-bond donors (Lipinski definition) is 1. The number of nitrogens with zero attached hydrogens (tertiary/aromatic N) is 1. The Morgan fingerprint density at radius 1 is 1.24 bits per heavy atom. The first kappa shape index (κ1) is 23.1. The van der Waals surface area contributed by atoms with E-state index >= 15 is 0 Å². The van der Waals surface area contributed by atoms with Gasteiger partial charge in [-0.3, -0.25) is 9.59 Å². The first-order chi connectivity index (χ1) is 15.9. The van der Waals surface area contributed by atoms with E-state index < -0.39 is 0 Å². The molecule has 3 aromatic rings. The van der Waals surface area contributed by atoms with E-state index in [2.05, 4.69) is 16.8 Å². The minimum Gasteiger partial charge on any atom is -0.493 e. The molecule has 1 N–H and O–H groups in total. The van der Waals surface area contributed by atoms with Gasteiger partial charge in [-0.25, -0.2) is 0 Å². The van der Waals surface area contributed by atoms with Gasteiger partial charge < -0.3 is 19.7 Å². The Labute approximate surface area is 202 Å². The smallest absolute Gasteiger partial charge is 0.255 e. The Morgan fingerprint density at radius 2 is 2.06 bits per heavy atom. The zero-order chi connectivity index (χ0) is 23.5. The van der Waals surface area contributed by atoms with Gasteiger partial charge in [-0.1, -0.05) is 17.7 Å². The lowest BCUT2D eigenvalue weighted by Crippen LogP contribution is -2.35. The lowest BCUT2D eigenvalue weighted by atomic mass is 10.0. The molecule has 4 rings (SSSR count). The van der Waals surface area contributed by atoms with Crippen LogP contribution in [0.1, 0.15) is 43.6 Å². The zero-order valence-electron chi connectivity index (χ0n) is 18.7. The first-order valence-electron chi connectivity index (χ1n) is 10.7. The number of amides is 2. The highest BCUT2D eigenvalue weighted by Crippen LogP contribution is 2.37. The van der Waals surface area contributed by atoms with E-state index in [0.717, 1.165) is 12.0 Å². The number of hydrogen-bond acceptors (Lipinski definition) is 5. The molecule has 2 aromatic carbocycles. The first-order valence-corrected chi connectivity index (χ1v) is 11.9. The third kappa shape index (κ3) is 4.70. The number of benzene rings is 2. The van der Waals surface area contributed by atoms with Crippen LogP contribution in [0.15, 0.2) is 41.8 Å². The maximum absolute atomic E-state index is 13.3. The normalized spacial score (nSPS) is 12.8. The molecular formula is C25H25ClN2O4S. The van der Waals surface area contributed by atoms with Crippen molar-refractivity contribution in [2.45, 2.75) is 26.8 Å². The molecule has 0 unspecified atom stereocenters. The summed E-state index contributed by atoms with van der Waals surface area (Å²) in [5, 5.41) is 5.27. The summed E-state index contributed by atoms with van der Waals surface area (Å²) < 4.78 is 10.9. The van der Waals surface area contributed by atoms with Crippen molar-refractivity contribution in [1.29, 1.82) is 0 Å². The van der Waals surface area contributed by atoms with Crippen LogP contribution < -0.4 is 14.8 Å². The summed E-state index contributed by atoms with van der Waals surface area (Å²) in [7, 11) is 1.49. The minimum absolute atomic E-state index is 0.0359. The molecule has 0 saturated carbocycles. The van der Waals surface area contributed by atoms with Gasteiger partial charge >= 0.3 is 0 Å². The molecule has 1 aromatic heterocycles. The summed E-state index contributed by atoms with van der Waals surface area (Å²) in [6.07, 6.45) is 0.870. The maximum atomic E-state index is 13.3. The largest absolute Gasteiger partial charge is 0.493 e. The predicted octanol–water partition coefficient (Wildman–Crippen LogP) is 5.57. The third-order valence-corrected chi connectivity index (χ3v) is 6.99. The number of carbonyl (C=O) groups is 2. The highest BCUT2D eigenvalue weighted by Gasteiger charge is 2.24.